The third-order valence-corrected chi connectivity index (χ3v) is 3.13. The second kappa shape index (κ2) is 5.25. The lowest BCUT2D eigenvalue weighted by Gasteiger charge is -2.18. The molecule has 17 heavy (non-hydrogen) atoms. The number of rotatable bonds is 4. The lowest BCUT2D eigenvalue weighted by atomic mass is 10.1. The lowest BCUT2D eigenvalue weighted by Crippen LogP contribution is -2.33. The summed E-state index contributed by atoms with van der Waals surface area (Å²) in [4.78, 5) is 10.3. The topological polar surface area (TPSA) is 67.2 Å². The smallest absolute Gasteiger partial charge is 0.269 e. The number of non-ortho nitro benzene ring substituents is 1. The fraction of sp³-hybridized carbons (Fsp3) is 0.500. The molecule has 92 valence electrons. The molecule has 0 aliphatic carbocycles. The van der Waals surface area contributed by atoms with Gasteiger partial charge in [-0.2, -0.15) is 0 Å². The normalized spacial score (nSPS) is 21.4. The highest BCUT2D eigenvalue weighted by Gasteiger charge is 2.18. The lowest BCUT2D eigenvalue weighted by molar-refractivity contribution is -0.384. The van der Waals surface area contributed by atoms with Crippen LogP contribution in [0, 0.1) is 10.1 Å². The van der Waals surface area contributed by atoms with Crippen LogP contribution in [0.2, 0.25) is 0 Å². The fourth-order valence-electron chi connectivity index (χ4n) is 2.15. The first-order valence-corrected chi connectivity index (χ1v) is 5.88. The molecule has 0 spiro atoms. The summed E-state index contributed by atoms with van der Waals surface area (Å²) in [7, 11) is 0. The quantitative estimate of drug-likeness (QED) is 0.614. The molecule has 0 aromatic heterocycles. The maximum atomic E-state index is 10.7. The minimum absolute atomic E-state index is 0.139. The van der Waals surface area contributed by atoms with E-state index in [1.165, 1.54) is 6.07 Å². The molecule has 1 aromatic rings. The van der Waals surface area contributed by atoms with Crippen molar-refractivity contribution in [2.45, 2.75) is 25.4 Å². The molecule has 2 unspecified atom stereocenters. The van der Waals surface area contributed by atoms with Crippen molar-refractivity contribution in [3.05, 3.63) is 39.9 Å². The molecule has 2 atom stereocenters. The van der Waals surface area contributed by atoms with E-state index >= 15 is 0 Å². The van der Waals surface area contributed by atoms with Crippen LogP contribution >= 0.6 is 0 Å². The summed E-state index contributed by atoms with van der Waals surface area (Å²) in [6.07, 6.45) is 1.11. The molecule has 0 radical (unpaired) electrons. The highest BCUT2D eigenvalue weighted by molar-refractivity contribution is 5.35. The van der Waals surface area contributed by atoms with Gasteiger partial charge in [0.25, 0.3) is 5.69 Å². The van der Waals surface area contributed by atoms with E-state index in [9.17, 15) is 10.1 Å². The van der Waals surface area contributed by atoms with Crippen LogP contribution in [0.15, 0.2) is 24.3 Å². The van der Waals surface area contributed by atoms with E-state index in [1.54, 1.807) is 12.1 Å². The molecular formula is C12H17N3O2. The third kappa shape index (κ3) is 3.01. The molecule has 2 N–H and O–H groups in total. The van der Waals surface area contributed by atoms with Crippen molar-refractivity contribution in [1.82, 2.24) is 10.6 Å². The van der Waals surface area contributed by atoms with E-state index < -0.39 is 0 Å². The van der Waals surface area contributed by atoms with Gasteiger partial charge in [-0.3, -0.25) is 10.1 Å². The second-order valence-corrected chi connectivity index (χ2v) is 4.43. The summed E-state index contributed by atoms with van der Waals surface area (Å²) in [5.41, 5.74) is 1.12. The monoisotopic (exact) mass is 235 g/mol. The van der Waals surface area contributed by atoms with Crippen LogP contribution in [0.25, 0.3) is 0 Å². The highest BCUT2D eigenvalue weighted by atomic mass is 16.6. The summed E-state index contributed by atoms with van der Waals surface area (Å²) in [6.45, 7) is 4.05. The van der Waals surface area contributed by atoms with Gasteiger partial charge in [0.2, 0.25) is 0 Å². The average molecular weight is 235 g/mol. The summed E-state index contributed by atoms with van der Waals surface area (Å²) in [5.74, 6) is 0. The van der Waals surface area contributed by atoms with Crippen molar-refractivity contribution in [1.29, 1.82) is 0 Å². The minimum Gasteiger partial charge on any atom is -0.315 e. The summed E-state index contributed by atoms with van der Waals surface area (Å²) < 4.78 is 0. The molecule has 2 rings (SSSR count). The van der Waals surface area contributed by atoms with Crippen LogP contribution < -0.4 is 10.6 Å². The first-order valence-electron chi connectivity index (χ1n) is 5.88. The number of nitro groups is 1. The van der Waals surface area contributed by atoms with Gasteiger partial charge in [-0.05, 0) is 25.5 Å². The number of nitro benzene ring substituents is 1. The van der Waals surface area contributed by atoms with Gasteiger partial charge in [0.05, 0.1) is 4.92 Å². The SMILES string of the molecule is CC(NC1CCNC1)c1cccc([N+](=O)[O-])c1. The van der Waals surface area contributed by atoms with Gasteiger partial charge >= 0.3 is 0 Å². The van der Waals surface area contributed by atoms with Crippen LogP contribution in [0.5, 0.6) is 0 Å². The zero-order chi connectivity index (χ0) is 12.3. The van der Waals surface area contributed by atoms with Gasteiger partial charge in [-0.25, -0.2) is 0 Å². The summed E-state index contributed by atoms with van der Waals surface area (Å²) in [6, 6.07) is 7.42. The van der Waals surface area contributed by atoms with Crippen LogP contribution in [-0.2, 0) is 0 Å². The van der Waals surface area contributed by atoms with E-state index in [0.29, 0.717) is 6.04 Å². The van der Waals surface area contributed by atoms with Crippen LogP contribution in [0.4, 0.5) is 5.69 Å². The van der Waals surface area contributed by atoms with Crippen molar-refractivity contribution in [3.63, 3.8) is 0 Å². The van der Waals surface area contributed by atoms with Crippen LogP contribution in [0.3, 0.4) is 0 Å². The fourth-order valence-corrected chi connectivity index (χ4v) is 2.15. The Labute approximate surface area is 100 Å². The molecule has 1 aliphatic heterocycles. The molecule has 1 fully saturated rings. The molecule has 5 heteroatoms. The molecule has 1 saturated heterocycles. The van der Waals surface area contributed by atoms with Gasteiger partial charge in [0, 0.05) is 30.8 Å². The first kappa shape index (κ1) is 12.0. The zero-order valence-corrected chi connectivity index (χ0v) is 9.85. The Balaban J connectivity index is 2.04. The Bertz CT molecular complexity index is 402. The highest BCUT2D eigenvalue weighted by Crippen LogP contribution is 2.19. The molecule has 1 aliphatic rings. The standard InChI is InChI=1S/C12H17N3O2/c1-9(14-11-5-6-13-8-11)10-3-2-4-12(7-10)15(16)17/h2-4,7,9,11,13-14H,5-6,8H2,1H3. The number of nitrogens with one attached hydrogen (secondary N) is 2. The Hall–Kier alpha value is -1.46. The largest absolute Gasteiger partial charge is 0.315 e. The van der Waals surface area contributed by atoms with E-state index in [1.807, 2.05) is 13.0 Å². The third-order valence-electron chi connectivity index (χ3n) is 3.13. The Morgan fingerprint density at radius 1 is 1.59 bits per heavy atom. The molecule has 0 saturated carbocycles. The predicted molar refractivity (Wildman–Crippen MR) is 65.9 cm³/mol. The predicted octanol–water partition coefficient (Wildman–Crippen LogP) is 1.61. The van der Waals surface area contributed by atoms with Crippen molar-refractivity contribution >= 4 is 5.69 Å². The number of benzene rings is 1. The van der Waals surface area contributed by atoms with Gasteiger partial charge in [-0.15, -0.1) is 0 Å². The second-order valence-electron chi connectivity index (χ2n) is 4.43. The molecule has 0 bridgehead atoms. The molecular weight excluding hydrogens is 218 g/mol. The van der Waals surface area contributed by atoms with Crippen LogP contribution in [0.1, 0.15) is 24.9 Å². The first-order chi connectivity index (χ1) is 8.16. The summed E-state index contributed by atoms with van der Waals surface area (Å²) in [5, 5.41) is 17.5. The number of hydrogen-bond donors (Lipinski definition) is 2. The molecule has 5 nitrogen and oxygen atoms in total. The minimum atomic E-state index is -0.354. The van der Waals surface area contributed by atoms with E-state index in [4.69, 9.17) is 0 Å². The maximum Gasteiger partial charge on any atom is 0.269 e. The number of hydrogen-bond acceptors (Lipinski definition) is 4. The number of nitrogens with zero attached hydrogens (tertiary/aromatic N) is 1. The van der Waals surface area contributed by atoms with E-state index in [2.05, 4.69) is 10.6 Å². The van der Waals surface area contributed by atoms with E-state index in [0.717, 1.165) is 25.1 Å². The Morgan fingerprint density at radius 3 is 3.06 bits per heavy atom. The van der Waals surface area contributed by atoms with E-state index in [-0.39, 0.29) is 16.7 Å². The molecule has 1 aromatic carbocycles. The summed E-state index contributed by atoms with van der Waals surface area (Å²) >= 11 is 0. The Kier molecular flexibility index (Phi) is 3.71. The van der Waals surface area contributed by atoms with Gasteiger partial charge in [0.15, 0.2) is 0 Å². The van der Waals surface area contributed by atoms with Crippen molar-refractivity contribution in [2.24, 2.45) is 0 Å². The zero-order valence-electron chi connectivity index (χ0n) is 9.85. The maximum absolute atomic E-state index is 10.7. The van der Waals surface area contributed by atoms with Gasteiger partial charge < -0.3 is 10.6 Å². The van der Waals surface area contributed by atoms with Crippen LogP contribution in [-0.4, -0.2) is 24.1 Å². The van der Waals surface area contributed by atoms with Crippen molar-refractivity contribution in [3.8, 4) is 0 Å². The van der Waals surface area contributed by atoms with Crippen molar-refractivity contribution < 1.29 is 4.92 Å². The Morgan fingerprint density at radius 2 is 2.41 bits per heavy atom. The van der Waals surface area contributed by atoms with Gasteiger partial charge in [-0.1, -0.05) is 12.1 Å². The molecule has 1 heterocycles. The molecule has 0 amide bonds. The average Bonchev–Trinajstić information content (AvgIpc) is 2.82. The van der Waals surface area contributed by atoms with Crippen molar-refractivity contribution in [2.75, 3.05) is 13.1 Å². The van der Waals surface area contributed by atoms with Gasteiger partial charge in [0.1, 0.15) is 0 Å².